The lowest BCUT2D eigenvalue weighted by Crippen LogP contribution is -3.00. The number of nitrogens with zero attached hydrogens (tertiary/aromatic N) is 2. The first-order valence-electron chi connectivity index (χ1n) is 5.51. The van der Waals surface area contributed by atoms with E-state index in [4.69, 9.17) is 16.3 Å². The van der Waals surface area contributed by atoms with Crippen molar-refractivity contribution in [2.45, 2.75) is 13.8 Å². The van der Waals surface area contributed by atoms with Crippen molar-refractivity contribution in [3.63, 3.8) is 0 Å². The fraction of sp³-hybridized carbons (Fsp3) is 0.231. The van der Waals surface area contributed by atoms with E-state index in [-0.39, 0.29) is 12.4 Å². The van der Waals surface area contributed by atoms with Gasteiger partial charge in [0.15, 0.2) is 0 Å². The van der Waals surface area contributed by atoms with Crippen LogP contribution in [0.15, 0.2) is 24.3 Å². The lowest BCUT2D eigenvalue weighted by atomic mass is 10.3. The topological polar surface area (TPSA) is 47.0 Å². The second-order valence-corrected chi connectivity index (χ2v) is 4.36. The average Bonchev–Trinajstić information content (AvgIpc) is 2.27. The molecule has 1 aromatic heterocycles. The summed E-state index contributed by atoms with van der Waals surface area (Å²) in [4.78, 5) is 8.61. The zero-order valence-corrected chi connectivity index (χ0v) is 12.4. The van der Waals surface area contributed by atoms with Crippen molar-refractivity contribution in [1.82, 2.24) is 9.97 Å². The second kappa shape index (κ2) is 6.59. The van der Waals surface area contributed by atoms with Crippen LogP contribution in [0, 0.1) is 13.8 Å². The van der Waals surface area contributed by atoms with Gasteiger partial charge in [-0.15, -0.1) is 0 Å². The van der Waals surface area contributed by atoms with Crippen molar-refractivity contribution in [2.75, 3.05) is 12.4 Å². The van der Waals surface area contributed by atoms with Crippen LogP contribution in [0.25, 0.3) is 0 Å². The largest absolute Gasteiger partial charge is 1.00 e. The van der Waals surface area contributed by atoms with Crippen LogP contribution in [-0.4, -0.2) is 17.1 Å². The molecular weight excluding hydrogens is 285 g/mol. The standard InChI is InChI=1S/C13H14ClN3O.ClH/c1-8-6-9(2)16-13(15-8)17-10-4-5-12(18-3)11(14)7-10;/h4-7H,1-3H3,(H,15,16,17);1H/p-1. The first kappa shape index (κ1) is 15.5. The Morgan fingerprint density at radius 2 is 1.74 bits per heavy atom. The summed E-state index contributed by atoms with van der Waals surface area (Å²) in [5.41, 5.74) is 2.67. The molecular formula is C13H14Cl2N3O-. The van der Waals surface area contributed by atoms with Crippen LogP contribution in [-0.2, 0) is 0 Å². The van der Waals surface area contributed by atoms with Gasteiger partial charge in [-0.05, 0) is 38.1 Å². The van der Waals surface area contributed by atoms with Gasteiger partial charge in [-0.2, -0.15) is 0 Å². The Morgan fingerprint density at radius 1 is 1.11 bits per heavy atom. The van der Waals surface area contributed by atoms with E-state index in [1.165, 1.54) is 0 Å². The summed E-state index contributed by atoms with van der Waals surface area (Å²) in [5, 5.41) is 3.66. The maximum atomic E-state index is 6.05. The SMILES string of the molecule is COc1ccc(Nc2nc(C)cc(C)n2)cc1Cl.[Cl-]. The highest BCUT2D eigenvalue weighted by Crippen LogP contribution is 2.28. The van der Waals surface area contributed by atoms with E-state index in [1.807, 2.05) is 26.0 Å². The Labute approximate surface area is 123 Å². The van der Waals surface area contributed by atoms with Crippen LogP contribution in [0.1, 0.15) is 11.4 Å². The van der Waals surface area contributed by atoms with Crippen molar-refractivity contribution in [1.29, 1.82) is 0 Å². The number of aromatic nitrogens is 2. The van der Waals surface area contributed by atoms with E-state index in [9.17, 15) is 0 Å². The van der Waals surface area contributed by atoms with Gasteiger partial charge in [0.2, 0.25) is 5.95 Å². The quantitative estimate of drug-likeness (QED) is 0.897. The van der Waals surface area contributed by atoms with Gasteiger partial charge in [0, 0.05) is 17.1 Å². The molecule has 0 amide bonds. The summed E-state index contributed by atoms with van der Waals surface area (Å²) in [6.45, 7) is 3.86. The van der Waals surface area contributed by atoms with Gasteiger partial charge in [-0.1, -0.05) is 11.6 Å². The zero-order chi connectivity index (χ0) is 13.1. The number of aryl methyl sites for hydroxylation is 2. The van der Waals surface area contributed by atoms with Crippen LogP contribution in [0.5, 0.6) is 5.75 Å². The highest BCUT2D eigenvalue weighted by molar-refractivity contribution is 6.32. The first-order chi connectivity index (χ1) is 8.58. The van der Waals surface area contributed by atoms with Crippen LogP contribution < -0.4 is 22.5 Å². The van der Waals surface area contributed by atoms with Gasteiger partial charge in [0.1, 0.15) is 5.75 Å². The molecule has 0 aliphatic rings. The lowest BCUT2D eigenvalue weighted by Gasteiger charge is -2.08. The molecule has 1 aromatic carbocycles. The fourth-order valence-corrected chi connectivity index (χ4v) is 1.91. The molecule has 0 aliphatic carbocycles. The normalized spacial score (nSPS) is 9.68. The predicted molar refractivity (Wildman–Crippen MR) is 72.8 cm³/mol. The molecule has 0 radical (unpaired) electrons. The summed E-state index contributed by atoms with van der Waals surface area (Å²) >= 11 is 6.05. The second-order valence-electron chi connectivity index (χ2n) is 3.95. The van der Waals surface area contributed by atoms with Crippen molar-refractivity contribution >= 4 is 23.2 Å². The van der Waals surface area contributed by atoms with Gasteiger partial charge in [0.25, 0.3) is 0 Å². The van der Waals surface area contributed by atoms with Gasteiger partial charge in [-0.25, -0.2) is 9.97 Å². The molecule has 1 heterocycles. The Balaban J connectivity index is 0.00000180. The monoisotopic (exact) mass is 298 g/mol. The van der Waals surface area contributed by atoms with Gasteiger partial charge >= 0.3 is 0 Å². The molecule has 0 spiro atoms. The number of methoxy groups -OCH3 is 1. The molecule has 0 fully saturated rings. The number of halogens is 2. The van der Waals surface area contributed by atoms with Crippen molar-refractivity contribution in [2.24, 2.45) is 0 Å². The fourth-order valence-electron chi connectivity index (χ4n) is 1.66. The summed E-state index contributed by atoms with van der Waals surface area (Å²) in [5.74, 6) is 1.21. The Morgan fingerprint density at radius 3 is 2.26 bits per heavy atom. The van der Waals surface area contributed by atoms with Crippen molar-refractivity contribution in [3.8, 4) is 5.75 Å². The molecule has 0 atom stereocenters. The molecule has 0 saturated carbocycles. The predicted octanol–water partition coefficient (Wildman–Crippen LogP) is 0.503. The van der Waals surface area contributed by atoms with E-state index in [2.05, 4.69) is 15.3 Å². The number of rotatable bonds is 3. The molecule has 2 rings (SSSR count). The van der Waals surface area contributed by atoms with Crippen LogP contribution in [0.4, 0.5) is 11.6 Å². The van der Waals surface area contributed by atoms with Crippen molar-refractivity contribution in [3.05, 3.63) is 40.7 Å². The summed E-state index contributed by atoms with van der Waals surface area (Å²) in [6.07, 6.45) is 0. The van der Waals surface area contributed by atoms with E-state index in [0.717, 1.165) is 17.1 Å². The number of benzene rings is 1. The van der Waals surface area contributed by atoms with Gasteiger partial charge in [0.05, 0.1) is 12.1 Å². The molecule has 2 aromatic rings. The molecule has 4 nitrogen and oxygen atoms in total. The number of anilines is 2. The minimum absolute atomic E-state index is 0. The molecule has 6 heteroatoms. The highest BCUT2D eigenvalue weighted by Gasteiger charge is 2.04. The molecule has 19 heavy (non-hydrogen) atoms. The van der Waals surface area contributed by atoms with E-state index in [1.54, 1.807) is 19.2 Å². The smallest absolute Gasteiger partial charge is 0.227 e. The minimum atomic E-state index is 0. The third-order valence-electron chi connectivity index (χ3n) is 2.39. The molecule has 0 unspecified atom stereocenters. The third-order valence-corrected chi connectivity index (χ3v) is 2.69. The minimum Gasteiger partial charge on any atom is -1.00 e. The molecule has 0 saturated heterocycles. The number of ether oxygens (including phenoxy) is 1. The van der Waals surface area contributed by atoms with E-state index >= 15 is 0 Å². The molecule has 0 aliphatic heterocycles. The average molecular weight is 299 g/mol. The number of hydrogen-bond acceptors (Lipinski definition) is 4. The number of hydrogen-bond donors (Lipinski definition) is 1. The Hall–Kier alpha value is -1.52. The van der Waals surface area contributed by atoms with Crippen LogP contribution in [0.3, 0.4) is 0 Å². The van der Waals surface area contributed by atoms with Crippen LogP contribution in [0.2, 0.25) is 5.02 Å². The summed E-state index contributed by atoms with van der Waals surface area (Å²) < 4.78 is 5.10. The number of nitrogens with one attached hydrogen (secondary N) is 1. The van der Waals surface area contributed by atoms with Gasteiger partial charge in [-0.3, -0.25) is 0 Å². The maximum Gasteiger partial charge on any atom is 0.227 e. The van der Waals surface area contributed by atoms with Crippen LogP contribution >= 0.6 is 11.6 Å². The zero-order valence-electron chi connectivity index (χ0n) is 10.9. The first-order valence-corrected chi connectivity index (χ1v) is 5.89. The molecule has 1 N–H and O–H groups in total. The molecule has 0 bridgehead atoms. The lowest BCUT2D eigenvalue weighted by molar-refractivity contribution is -0.00000428. The van der Waals surface area contributed by atoms with Crippen molar-refractivity contribution < 1.29 is 17.1 Å². The molecule has 102 valence electrons. The van der Waals surface area contributed by atoms with Gasteiger partial charge < -0.3 is 22.5 Å². The Bertz CT molecular complexity index is 556. The van der Waals surface area contributed by atoms with E-state index < -0.39 is 0 Å². The highest BCUT2D eigenvalue weighted by atomic mass is 35.5. The van der Waals surface area contributed by atoms with E-state index in [0.29, 0.717) is 16.7 Å². The third kappa shape index (κ3) is 3.98. The Kier molecular flexibility index (Phi) is 5.39. The summed E-state index contributed by atoms with van der Waals surface area (Å²) in [7, 11) is 1.58. The maximum absolute atomic E-state index is 6.05. The summed E-state index contributed by atoms with van der Waals surface area (Å²) in [6, 6.07) is 7.37.